The highest BCUT2D eigenvalue weighted by molar-refractivity contribution is 5.58. The molecule has 2 heterocycles. The van der Waals surface area contributed by atoms with Crippen LogP contribution in [-0.4, -0.2) is 36.1 Å². The number of piperazine rings is 1. The van der Waals surface area contributed by atoms with Gasteiger partial charge in [0.1, 0.15) is 5.82 Å². The van der Waals surface area contributed by atoms with Gasteiger partial charge in [-0.1, -0.05) is 0 Å². The fourth-order valence-corrected chi connectivity index (χ4v) is 1.68. The van der Waals surface area contributed by atoms with Crippen molar-refractivity contribution in [2.45, 2.75) is 0 Å². The molecule has 0 bridgehead atoms. The maximum Gasteiger partial charge on any atom is 0.311 e. The first-order valence-corrected chi connectivity index (χ1v) is 5.05. The summed E-state index contributed by atoms with van der Waals surface area (Å²) >= 11 is 0. The SMILES string of the molecule is Nc1nc(N2CCNCC2)ccc1[N+](=O)[O-]. The van der Waals surface area contributed by atoms with E-state index in [1.165, 1.54) is 6.07 Å². The Hall–Kier alpha value is -1.89. The Labute approximate surface area is 92.4 Å². The fraction of sp³-hybridized carbons (Fsp3) is 0.444. The number of hydrogen-bond acceptors (Lipinski definition) is 6. The van der Waals surface area contributed by atoms with Crippen LogP contribution in [0.3, 0.4) is 0 Å². The largest absolute Gasteiger partial charge is 0.378 e. The van der Waals surface area contributed by atoms with Crippen molar-refractivity contribution < 1.29 is 4.92 Å². The topological polar surface area (TPSA) is 97.3 Å². The molecule has 0 aliphatic carbocycles. The first-order chi connectivity index (χ1) is 7.68. The Morgan fingerprint density at radius 3 is 2.69 bits per heavy atom. The molecule has 7 heteroatoms. The van der Waals surface area contributed by atoms with Crippen LogP contribution in [0.5, 0.6) is 0 Å². The number of hydrogen-bond donors (Lipinski definition) is 2. The predicted octanol–water partition coefficient (Wildman–Crippen LogP) is -0.0184. The van der Waals surface area contributed by atoms with Crippen LogP contribution in [0.2, 0.25) is 0 Å². The van der Waals surface area contributed by atoms with Gasteiger partial charge in [0.15, 0.2) is 0 Å². The minimum Gasteiger partial charge on any atom is -0.378 e. The van der Waals surface area contributed by atoms with Crippen LogP contribution in [-0.2, 0) is 0 Å². The van der Waals surface area contributed by atoms with E-state index in [1.807, 2.05) is 0 Å². The van der Waals surface area contributed by atoms with Crippen molar-refractivity contribution in [1.29, 1.82) is 0 Å². The number of nitrogens with zero attached hydrogens (tertiary/aromatic N) is 3. The number of nitrogens with two attached hydrogens (primary N) is 1. The summed E-state index contributed by atoms with van der Waals surface area (Å²) in [5.41, 5.74) is 5.39. The van der Waals surface area contributed by atoms with Crippen molar-refractivity contribution in [1.82, 2.24) is 10.3 Å². The maximum atomic E-state index is 10.6. The van der Waals surface area contributed by atoms with Crippen LogP contribution in [0.4, 0.5) is 17.3 Å². The summed E-state index contributed by atoms with van der Waals surface area (Å²) in [6.45, 7) is 3.45. The average Bonchev–Trinajstić information content (AvgIpc) is 2.29. The standard InChI is InChI=1S/C9H13N5O2/c10-9-7(14(15)16)1-2-8(12-9)13-5-3-11-4-6-13/h1-2,11H,3-6H2,(H2,10,12). The Balaban J connectivity index is 2.23. The van der Waals surface area contributed by atoms with E-state index in [9.17, 15) is 10.1 Å². The summed E-state index contributed by atoms with van der Waals surface area (Å²) in [6.07, 6.45) is 0. The molecule has 1 aliphatic rings. The fourth-order valence-electron chi connectivity index (χ4n) is 1.68. The first kappa shape index (κ1) is 10.6. The van der Waals surface area contributed by atoms with Gasteiger partial charge in [-0.15, -0.1) is 0 Å². The van der Waals surface area contributed by atoms with E-state index in [0.29, 0.717) is 5.82 Å². The molecule has 1 aliphatic heterocycles. The molecule has 0 atom stereocenters. The number of pyridine rings is 1. The molecule has 1 aromatic rings. The average molecular weight is 223 g/mol. The van der Waals surface area contributed by atoms with Crippen molar-refractivity contribution in [2.75, 3.05) is 36.8 Å². The van der Waals surface area contributed by atoms with Crippen LogP contribution in [0.1, 0.15) is 0 Å². The molecule has 0 radical (unpaired) electrons. The zero-order chi connectivity index (χ0) is 11.5. The van der Waals surface area contributed by atoms with Gasteiger partial charge in [-0.25, -0.2) is 4.98 Å². The zero-order valence-corrected chi connectivity index (χ0v) is 8.72. The zero-order valence-electron chi connectivity index (χ0n) is 8.72. The number of nitrogen functional groups attached to an aromatic ring is 1. The van der Waals surface area contributed by atoms with Crippen LogP contribution in [0, 0.1) is 10.1 Å². The van der Waals surface area contributed by atoms with Crippen LogP contribution in [0.15, 0.2) is 12.1 Å². The van der Waals surface area contributed by atoms with Gasteiger partial charge in [0.05, 0.1) is 4.92 Å². The summed E-state index contributed by atoms with van der Waals surface area (Å²) in [5, 5.41) is 13.8. The number of nitro groups is 1. The van der Waals surface area contributed by atoms with E-state index in [1.54, 1.807) is 6.07 Å². The second-order valence-corrected chi connectivity index (χ2v) is 3.57. The molecular weight excluding hydrogens is 210 g/mol. The molecule has 0 unspecified atom stereocenters. The lowest BCUT2D eigenvalue weighted by Crippen LogP contribution is -2.43. The minimum atomic E-state index is -0.524. The Morgan fingerprint density at radius 2 is 2.12 bits per heavy atom. The molecule has 86 valence electrons. The van der Waals surface area contributed by atoms with E-state index in [0.717, 1.165) is 26.2 Å². The molecule has 3 N–H and O–H groups in total. The van der Waals surface area contributed by atoms with Gasteiger partial charge < -0.3 is 16.0 Å². The molecule has 2 rings (SSSR count). The summed E-state index contributed by atoms with van der Waals surface area (Å²) in [4.78, 5) is 16.2. The van der Waals surface area contributed by atoms with Gasteiger partial charge in [-0.05, 0) is 6.07 Å². The van der Waals surface area contributed by atoms with Crippen molar-refractivity contribution in [3.8, 4) is 0 Å². The Morgan fingerprint density at radius 1 is 1.44 bits per heavy atom. The lowest BCUT2D eigenvalue weighted by atomic mass is 10.3. The van der Waals surface area contributed by atoms with Gasteiger partial charge in [0.2, 0.25) is 5.82 Å². The minimum absolute atomic E-state index is 0.0268. The third-order valence-corrected chi connectivity index (χ3v) is 2.53. The maximum absolute atomic E-state index is 10.6. The molecule has 16 heavy (non-hydrogen) atoms. The van der Waals surface area contributed by atoms with Gasteiger partial charge in [0.25, 0.3) is 0 Å². The summed E-state index contributed by atoms with van der Waals surface area (Å²) < 4.78 is 0. The second-order valence-electron chi connectivity index (χ2n) is 3.57. The van der Waals surface area contributed by atoms with Crippen LogP contribution in [0.25, 0.3) is 0 Å². The van der Waals surface area contributed by atoms with Crippen molar-refractivity contribution in [3.63, 3.8) is 0 Å². The quantitative estimate of drug-likeness (QED) is 0.540. The van der Waals surface area contributed by atoms with Crippen molar-refractivity contribution >= 4 is 17.3 Å². The molecule has 0 aromatic carbocycles. The van der Waals surface area contributed by atoms with E-state index >= 15 is 0 Å². The molecule has 0 amide bonds. The molecular formula is C9H13N5O2. The number of rotatable bonds is 2. The third kappa shape index (κ3) is 2.03. The second kappa shape index (κ2) is 4.31. The number of aromatic nitrogens is 1. The highest BCUT2D eigenvalue weighted by atomic mass is 16.6. The molecule has 1 saturated heterocycles. The molecule has 1 aromatic heterocycles. The highest BCUT2D eigenvalue weighted by Crippen LogP contribution is 2.22. The molecule has 1 fully saturated rings. The Bertz CT molecular complexity index is 403. The first-order valence-electron chi connectivity index (χ1n) is 5.05. The summed E-state index contributed by atoms with van der Waals surface area (Å²) in [6, 6.07) is 3.04. The van der Waals surface area contributed by atoms with Crippen molar-refractivity contribution in [3.05, 3.63) is 22.2 Å². The van der Waals surface area contributed by atoms with E-state index in [4.69, 9.17) is 5.73 Å². The number of anilines is 2. The summed E-state index contributed by atoms with van der Waals surface area (Å²) in [7, 11) is 0. The monoisotopic (exact) mass is 223 g/mol. The highest BCUT2D eigenvalue weighted by Gasteiger charge is 2.17. The smallest absolute Gasteiger partial charge is 0.311 e. The molecule has 0 saturated carbocycles. The van der Waals surface area contributed by atoms with Crippen LogP contribution < -0.4 is 16.0 Å². The van der Waals surface area contributed by atoms with Gasteiger partial charge in [-0.3, -0.25) is 10.1 Å². The van der Waals surface area contributed by atoms with Crippen LogP contribution >= 0.6 is 0 Å². The lowest BCUT2D eigenvalue weighted by molar-refractivity contribution is -0.384. The number of nitrogens with one attached hydrogen (secondary N) is 1. The van der Waals surface area contributed by atoms with E-state index < -0.39 is 4.92 Å². The molecule has 7 nitrogen and oxygen atoms in total. The van der Waals surface area contributed by atoms with Gasteiger partial charge >= 0.3 is 5.69 Å². The van der Waals surface area contributed by atoms with Gasteiger partial charge in [-0.2, -0.15) is 0 Å². The lowest BCUT2D eigenvalue weighted by Gasteiger charge is -2.28. The normalized spacial score (nSPS) is 16.1. The molecule has 0 spiro atoms. The Kier molecular flexibility index (Phi) is 2.86. The van der Waals surface area contributed by atoms with Crippen molar-refractivity contribution in [2.24, 2.45) is 0 Å². The predicted molar refractivity (Wildman–Crippen MR) is 60.4 cm³/mol. The van der Waals surface area contributed by atoms with Gasteiger partial charge in [0, 0.05) is 32.2 Å². The third-order valence-electron chi connectivity index (χ3n) is 2.53. The van der Waals surface area contributed by atoms with E-state index in [-0.39, 0.29) is 11.5 Å². The van der Waals surface area contributed by atoms with E-state index in [2.05, 4.69) is 15.2 Å². The summed E-state index contributed by atoms with van der Waals surface area (Å²) in [5.74, 6) is 0.672.